The summed E-state index contributed by atoms with van der Waals surface area (Å²) in [5.74, 6) is 0. The van der Waals surface area contributed by atoms with E-state index in [1.54, 1.807) is 0 Å². The normalized spacial score (nSPS) is 0. The van der Waals surface area contributed by atoms with Crippen molar-refractivity contribution in [3.8, 4) is 0 Å². The average Bonchev–Trinajstić information content (AvgIpc) is 0. The molecule has 18 valence electrons. The fourth-order valence-corrected chi connectivity index (χ4v) is 0. The zero-order chi connectivity index (χ0) is 0. The third-order valence-corrected chi connectivity index (χ3v) is 0. The van der Waals surface area contributed by atoms with E-state index in [0.717, 1.165) is 0 Å². The molecule has 0 aliphatic rings. The Kier molecular flexibility index (Phi) is 240. The van der Waals surface area contributed by atoms with Gasteiger partial charge in [0.15, 0.2) is 0 Å². The molecule has 0 aliphatic carbocycles. The molecule has 0 heterocycles. The predicted molar refractivity (Wildman–Crippen MR) is 7.13 cm³/mol. The van der Waals surface area contributed by atoms with Crippen LogP contribution in [0.3, 0.4) is 0 Å². The first kappa shape index (κ1) is 43.3. The van der Waals surface area contributed by atoms with Gasteiger partial charge < -0.3 is 11.0 Å². The van der Waals surface area contributed by atoms with E-state index in [2.05, 4.69) is 0 Å². The second-order valence-corrected chi connectivity index (χ2v) is 0. The fraction of sp³-hybridized carbons (Fsp3) is 0. The van der Waals surface area contributed by atoms with E-state index < -0.39 is 0 Å². The van der Waals surface area contributed by atoms with Crippen molar-refractivity contribution in [1.29, 1.82) is 0 Å². The van der Waals surface area contributed by atoms with E-state index in [0.29, 0.717) is 0 Å². The van der Waals surface area contributed by atoms with Crippen LogP contribution in [0.1, 0.15) is 0 Å². The quantitative estimate of drug-likeness (QED) is 0.472. The standard InChI is InChI=1S/Hf.2O.Pb/q+4;2*-2;+2. The Balaban J connectivity index is 0. The van der Waals surface area contributed by atoms with Crippen molar-refractivity contribution in [1.82, 2.24) is 0 Å². The Morgan fingerprint density at radius 2 is 0.750 bits per heavy atom. The van der Waals surface area contributed by atoms with E-state index in [1.807, 2.05) is 0 Å². The first-order valence-corrected chi connectivity index (χ1v) is 0. The predicted octanol–water partition coefficient (Wildman–Crippen LogP) is -0.621. The summed E-state index contributed by atoms with van der Waals surface area (Å²) in [6.45, 7) is 0. The molecule has 0 fully saturated rings. The van der Waals surface area contributed by atoms with Crippen molar-refractivity contribution in [3.05, 3.63) is 0 Å². The van der Waals surface area contributed by atoms with Crippen molar-refractivity contribution in [3.63, 3.8) is 0 Å². The van der Waals surface area contributed by atoms with Crippen molar-refractivity contribution in [2.45, 2.75) is 0 Å². The summed E-state index contributed by atoms with van der Waals surface area (Å²) in [5, 5.41) is 0. The Morgan fingerprint density at radius 3 is 0.750 bits per heavy atom. The third-order valence-electron chi connectivity index (χ3n) is 0. The minimum atomic E-state index is 0. The summed E-state index contributed by atoms with van der Waals surface area (Å²) in [4.78, 5) is 0. The molecule has 0 aromatic heterocycles. The van der Waals surface area contributed by atoms with Crippen molar-refractivity contribution >= 4 is 27.3 Å². The van der Waals surface area contributed by atoms with Gasteiger partial charge >= 0.3 is 53.1 Å². The van der Waals surface area contributed by atoms with Crippen LogP contribution in [-0.4, -0.2) is 27.3 Å². The molecule has 0 N–H and O–H groups in total. The van der Waals surface area contributed by atoms with Gasteiger partial charge in [-0.05, 0) is 0 Å². The molecule has 4 heavy (non-hydrogen) atoms. The topological polar surface area (TPSA) is 57.0 Å². The molecular formula is HfO2Pb+2. The van der Waals surface area contributed by atoms with Gasteiger partial charge in [0.05, 0.1) is 0 Å². The molecule has 0 aliphatic heterocycles. The third kappa shape index (κ3) is 9.31. The Morgan fingerprint density at radius 1 is 0.750 bits per heavy atom. The van der Waals surface area contributed by atoms with Crippen LogP contribution in [0.4, 0.5) is 0 Å². The van der Waals surface area contributed by atoms with Gasteiger partial charge in [0.1, 0.15) is 0 Å². The number of hydrogen-bond acceptors (Lipinski definition) is 0. The molecule has 2 radical (unpaired) electrons. The fourth-order valence-electron chi connectivity index (χ4n) is 0. The molecule has 0 atom stereocenters. The van der Waals surface area contributed by atoms with Crippen molar-refractivity contribution in [2.75, 3.05) is 0 Å². The zero-order valence-electron chi connectivity index (χ0n) is 1.82. The molecule has 0 aromatic carbocycles. The minimum Gasteiger partial charge on any atom is -2.00 e. The Bertz CT molecular complexity index is 6.00. The monoisotopic (exact) mass is 420 g/mol. The van der Waals surface area contributed by atoms with Gasteiger partial charge in [-0.3, -0.25) is 0 Å². The molecule has 4 heteroatoms. The van der Waals surface area contributed by atoms with Gasteiger partial charge in [-0.25, -0.2) is 0 Å². The van der Waals surface area contributed by atoms with Crippen LogP contribution in [0.25, 0.3) is 0 Å². The Labute approximate surface area is 63.5 Å². The first-order valence-electron chi connectivity index (χ1n) is 0. The summed E-state index contributed by atoms with van der Waals surface area (Å²) < 4.78 is 0. The molecule has 0 aromatic rings. The van der Waals surface area contributed by atoms with Crippen LogP contribution in [0.15, 0.2) is 0 Å². The Hall–Kier alpha value is 1.71. The van der Waals surface area contributed by atoms with E-state index in [4.69, 9.17) is 0 Å². The van der Waals surface area contributed by atoms with E-state index in [9.17, 15) is 0 Å². The second kappa shape index (κ2) is 22.2. The van der Waals surface area contributed by atoms with Crippen molar-refractivity contribution in [2.24, 2.45) is 0 Å². The van der Waals surface area contributed by atoms with Crippen LogP contribution in [0.5, 0.6) is 0 Å². The second-order valence-electron chi connectivity index (χ2n) is 0. The maximum Gasteiger partial charge on any atom is 4.00 e. The van der Waals surface area contributed by atoms with Crippen molar-refractivity contribution < 1.29 is 36.8 Å². The summed E-state index contributed by atoms with van der Waals surface area (Å²) in [6.07, 6.45) is 0. The number of rotatable bonds is 0. The van der Waals surface area contributed by atoms with E-state index in [-0.39, 0.29) is 64.1 Å². The molecule has 0 saturated carbocycles. The average molecular weight is 418 g/mol. The van der Waals surface area contributed by atoms with Crippen LogP contribution < -0.4 is 0 Å². The summed E-state index contributed by atoms with van der Waals surface area (Å²) in [7, 11) is 0. The maximum absolute atomic E-state index is 0. The van der Waals surface area contributed by atoms with Gasteiger partial charge in [0, 0.05) is 0 Å². The van der Waals surface area contributed by atoms with Gasteiger partial charge in [0.2, 0.25) is 0 Å². The van der Waals surface area contributed by atoms with Crippen LogP contribution in [0, 0.1) is 0 Å². The van der Waals surface area contributed by atoms with Gasteiger partial charge in [-0.15, -0.1) is 0 Å². The SMILES string of the molecule is [Hf+4].[O-2].[O-2].[Pb+2]. The summed E-state index contributed by atoms with van der Waals surface area (Å²) in [6, 6.07) is 0. The van der Waals surface area contributed by atoms with Gasteiger partial charge in [0.25, 0.3) is 0 Å². The molecule has 0 spiro atoms. The molecular weight excluding hydrogens is 418 g/mol. The van der Waals surface area contributed by atoms with Crippen LogP contribution >= 0.6 is 0 Å². The zero-order valence-corrected chi connectivity index (χ0v) is 9.30. The van der Waals surface area contributed by atoms with E-state index >= 15 is 0 Å². The molecule has 0 rings (SSSR count). The minimum absolute atomic E-state index is 0. The smallest absolute Gasteiger partial charge is 2.00 e. The molecule has 2 nitrogen and oxygen atoms in total. The van der Waals surface area contributed by atoms with Crippen LogP contribution in [0.2, 0.25) is 0 Å². The molecule has 0 bridgehead atoms. The molecule has 0 unspecified atom stereocenters. The van der Waals surface area contributed by atoms with E-state index in [1.165, 1.54) is 0 Å². The molecule has 0 saturated heterocycles. The number of hydrogen-bond donors (Lipinski definition) is 0. The maximum atomic E-state index is 0. The largest absolute Gasteiger partial charge is 4.00 e. The molecule has 0 amide bonds. The first-order chi connectivity index (χ1) is 0. The van der Waals surface area contributed by atoms with Gasteiger partial charge in [-0.2, -0.15) is 0 Å². The summed E-state index contributed by atoms with van der Waals surface area (Å²) >= 11 is 0. The summed E-state index contributed by atoms with van der Waals surface area (Å²) in [5.41, 5.74) is 0. The van der Waals surface area contributed by atoms with Gasteiger partial charge in [-0.1, -0.05) is 0 Å². The van der Waals surface area contributed by atoms with Crippen LogP contribution in [-0.2, 0) is 36.8 Å².